The van der Waals surface area contributed by atoms with Crippen LogP contribution in [0.4, 0.5) is 4.39 Å². The van der Waals surface area contributed by atoms with E-state index in [0.717, 1.165) is 11.3 Å². The standard InChI is InChI=1S/C10H11BrFN5/c1-6-3-8(12)7(11)4-9(6)17-10(5-13-2)14-15-16-17/h3-4,13H,5H2,1-2H3. The fraction of sp³-hybridized carbons (Fsp3) is 0.300. The lowest BCUT2D eigenvalue weighted by molar-refractivity contribution is 0.617. The van der Waals surface area contributed by atoms with Crippen molar-refractivity contribution in [3.8, 4) is 5.69 Å². The second-order valence-corrected chi connectivity index (χ2v) is 4.44. The summed E-state index contributed by atoms with van der Waals surface area (Å²) in [5.74, 6) is 0.378. The van der Waals surface area contributed by atoms with Gasteiger partial charge in [0, 0.05) is 0 Å². The number of hydrogen-bond acceptors (Lipinski definition) is 4. The highest BCUT2D eigenvalue weighted by molar-refractivity contribution is 9.10. The van der Waals surface area contributed by atoms with Crippen LogP contribution in [0, 0.1) is 12.7 Å². The van der Waals surface area contributed by atoms with E-state index in [1.807, 2.05) is 14.0 Å². The first-order valence-corrected chi connectivity index (χ1v) is 5.80. The van der Waals surface area contributed by atoms with Crippen LogP contribution in [0.15, 0.2) is 16.6 Å². The largest absolute Gasteiger partial charge is 0.313 e. The van der Waals surface area contributed by atoms with Crippen molar-refractivity contribution in [2.45, 2.75) is 13.5 Å². The Bertz CT molecular complexity index is 539. The normalized spacial score (nSPS) is 10.8. The summed E-state index contributed by atoms with van der Waals surface area (Å²) < 4.78 is 15.3. The molecule has 1 heterocycles. The summed E-state index contributed by atoms with van der Waals surface area (Å²) in [5, 5.41) is 14.4. The second-order valence-electron chi connectivity index (χ2n) is 3.59. The summed E-state index contributed by atoms with van der Waals surface area (Å²) in [5.41, 5.74) is 1.53. The Labute approximate surface area is 106 Å². The van der Waals surface area contributed by atoms with E-state index in [9.17, 15) is 4.39 Å². The molecule has 0 aliphatic rings. The van der Waals surface area contributed by atoms with E-state index in [1.54, 1.807) is 10.7 Å². The molecule has 0 spiro atoms. The van der Waals surface area contributed by atoms with Gasteiger partial charge in [0.1, 0.15) is 5.82 Å². The Hall–Kier alpha value is -1.34. The molecule has 0 saturated carbocycles. The zero-order valence-electron chi connectivity index (χ0n) is 9.41. The molecule has 0 aliphatic heterocycles. The van der Waals surface area contributed by atoms with Gasteiger partial charge >= 0.3 is 0 Å². The fourth-order valence-corrected chi connectivity index (χ4v) is 1.86. The highest BCUT2D eigenvalue weighted by Crippen LogP contribution is 2.23. The maximum absolute atomic E-state index is 13.3. The van der Waals surface area contributed by atoms with Gasteiger partial charge in [0.05, 0.1) is 16.7 Å². The van der Waals surface area contributed by atoms with Crippen LogP contribution in [0.1, 0.15) is 11.4 Å². The van der Waals surface area contributed by atoms with Crippen LogP contribution in [0.5, 0.6) is 0 Å². The lowest BCUT2D eigenvalue weighted by atomic mass is 10.2. The van der Waals surface area contributed by atoms with Crippen LogP contribution in [-0.2, 0) is 6.54 Å². The Morgan fingerprint density at radius 3 is 2.94 bits per heavy atom. The molecule has 0 bridgehead atoms. The molecule has 2 aromatic rings. The van der Waals surface area contributed by atoms with Gasteiger partial charge in [-0.25, -0.2) is 4.39 Å². The summed E-state index contributed by atoms with van der Waals surface area (Å²) in [7, 11) is 1.81. The van der Waals surface area contributed by atoms with Gasteiger partial charge in [0.25, 0.3) is 0 Å². The number of nitrogens with one attached hydrogen (secondary N) is 1. The third kappa shape index (κ3) is 2.34. The van der Waals surface area contributed by atoms with Crippen molar-refractivity contribution >= 4 is 15.9 Å². The highest BCUT2D eigenvalue weighted by Gasteiger charge is 2.12. The van der Waals surface area contributed by atoms with Crippen LogP contribution in [0.2, 0.25) is 0 Å². The summed E-state index contributed by atoms with van der Waals surface area (Å²) in [4.78, 5) is 0. The van der Waals surface area contributed by atoms with Gasteiger partial charge in [0.15, 0.2) is 5.82 Å². The molecule has 1 N–H and O–H groups in total. The topological polar surface area (TPSA) is 55.6 Å². The van der Waals surface area contributed by atoms with Crippen LogP contribution in [0.3, 0.4) is 0 Å². The van der Waals surface area contributed by atoms with E-state index in [0.29, 0.717) is 16.8 Å². The van der Waals surface area contributed by atoms with Gasteiger partial charge in [-0.2, -0.15) is 4.68 Å². The zero-order valence-corrected chi connectivity index (χ0v) is 11.0. The molecule has 2 rings (SSSR count). The van der Waals surface area contributed by atoms with Gasteiger partial charge in [-0.3, -0.25) is 0 Å². The zero-order chi connectivity index (χ0) is 12.4. The molecule has 90 valence electrons. The Balaban J connectivity index is 2.52. The first-order chi connectivity index (χ1) is 8.13. The van der Waals surface area contributed by atoms with E-state index >= 15 is 0 Å². The SMILES string of the molecule is CNCc1nnnn1-c1cc(Br)c(F)cc1C. The molecule has 0 saturated heterocycles. The summed E-state index contributed by atoms with van der Waals surface area (Å²) >= 11 is 3.16. The van der Waals surface area contributed by atoms with E-state index in [4.69, 9.17) is 0 Å². The van der Waals surface area contributed by atoms with Crippen molar-refractivity contribution in [3.05, 3.63) is 33.8 Å². The average Bonchev–Trinajstić information content (AvgIpc) is 2.72. The van der Waals surface area contributed by atoms with E-state index in [1.165, 1.54) is 6.07 Å². The number of aryl methyl sites for hydroxylation is 1. The minimum absolute atomic E-state index is 0.297. The van der Waals surface area contributed by atoms with E-state index in [-0.39, 0.29) is 5.82 Å². The Morgan fingerprint density at radius 2 is 2.24 bits per heavy atom. The van der Waals surface area contributed by atoms with Crippen LogP contribution >= 0.6 is 15.9 Å². The molecule has 0 radical (unpaired) electrons. The molecule has 5 nitrogen and oxygen atoms in total. The lowest BCUT2D eigenvalue weighted by Crippen LogP contribution is -2.13. The molecule has 0 unspecified atom stereocenters. The van der Waals surface area contributed by atoms with Crippen molar-refractivity contribution in [3.63, 3.8) is 0 Å². The van der Waals surface area contributed by atoms with Gasteiger partial charge < -0.3 is 5.32 Å². The first-order valence-electron chi connectivity index (χ1n) is 5.01. The number of tetrazole rings is 1. The summed E-state index contributed by atoms with van der Waals surface area (Å²) in [6, 6.07) is 3.12. The van der Waals surface area contributed by atoms with Gasteiger partial charge in [-0.15, -0.1) is 5.10 Å². The lowest BCUT2D eigenvalue weighted by Gasteiger charge is -2.08. The van der Waals surface area contributed by atoms with Crippen LogP contribution in [-0.4, -0.2) is 27.3 Å². The third-order valence-corrected chi connectivity index (χ3v) is 2.94. The Morgan fingerprint density at radius 1 is 1.47 bits per heavy atom. The van der Waals surface area contributed by atoms with E-state index in [2.05, 4.69) is 36.8 Å². The van der Waals surface area contributed by atoms with Crippen molar-refractivity contribution in [2.24, 2.45) is 0 Å². The summed E-state index contributed by atoms with van der Waals surface area (Å²) in [6.45, 7) is 2.36. The molecule has 0 fully saturated rings. The maximum atomic E-state index is 13.3. The molecule has 0 atom stereocenters. The molecule has 1 aromatic carbocycles. The third-order valence-electron chi connectivity index (χ3n) is 2.34. The van der Waals surface area contributed by atoms with E-state index < -0.39 is 0 Å². The number of halogens is 2. The molecule has 7 heteroatoms. The number of aromatic nitrogens is 4. The molecule has 1 aromatic heterocycles. The number of hydrogen-bond donors (Lipinski definition) is 1. The van der Waals surface area contributed by atoms with Crippen molar-refractivity contribution < 1.29 is 4.39 Å². The molecule has 17 heavy (non-hydrogen) atoms. The highest BCUT2D eigenvalue weighted by atomic mass is 79.9. The van der Waals surface area contributed by atoms with Crippen molar-refractivity contribution in [1.82, 2.24) is 25.5 Å². The number of benzene rings is 1. The number of rotatable bonds is 3. The maximum Gasteiger partial charge on any atom is 0.170 e. The van der Waals surface area contributed by atoms with Gasteiger partial charge in [-0.05, 0) is 58.0 Å². The quantitative estimate of drug-likeness (QED) is 0.935. The van der Waals surface area contributed by atoms with Crippen LogP contribution < -0.4 is 5.32 Å². The average molecular weight is 300 g/mol. The molecular formula is C10H11BrFN5. The first kappa shape index (κ1) is 12.1. The second kappa shape index (κ2) is 4.89. The van der Waals surface area contributed by atoms with Gasteiger partial charge in [-0.1, -0.05) is 0 Å². The monoisotopic (exact) mass is 299 g/mol. The molecular weight excluding hydrogens is 289 g/mol. The summed E-state index contributed by atoms with van der Waals surface area (Å²) in [6.07, 6.45) is 0. The predicted octanol–water partition coefficient (Wildman–Crippen LogP) is 1.59. The minimum Gasteiger partial charge on any atom is -0.313 e. The van der Waals surface area contributed by atoms with Crippen molar-refractivity contribution in [1.29, 1.82) is 0 Å². The molecule has 0 aliphatic carbocycles. The van der Waals surface area contributed by atoms with Crippen molar-refractivity contribution in [2.75, 3.05) is 7.05 Å². The predicted molar refractivity (Wildman–Crippen MR) is 64.3 cm³/mol. The fourth-order valence-electron chi connectivity index (χ4n) is 1.53. The minimum atomic E-state index is -0.297. The van der Waals surface area contributed by atoms with Crippen LogP contribution in [0.25, 0.3) is 5.69 Å². The Kier molecular flexibility index (Phi) is 3.49. The smallest absolute Gasteiger partial charge is 0.170 e. The molecule has 0 amide bonds. The van der Waals surface area contributed by atoms with Gasteiger partial charge in [0.2, 0.25) is 0 Å². The number of nitrogens with zero attached hydrogens (tertiary/aromatic N) is 4.